The summed E-state index contributed by atoms with van der Waals surface area (Å²) >= 11 is 5.31. The molecule has 0 aliphatic heterocycles. The second-order valence-corrected chi connectivity index (χ2v) is 6.60. The number of hydrogen-bond donors (Lipinski definition) is 1. The maximum atomic E-state index is 4.49. The Hall–Kier alpha value is -0.710. The molecule has 2 rings (SSSR count). The molecule has 0 saturated carbocycles. The van der Waals surface area contributed by atoms with E-state index in [1.165, 1.54) is 16.0 Å². The van der Waals surface area contributed by atoms with Gasteiger partial charge in [0.25, 0.3) is 0 Å². The van der Waals surface area contributed by atoms with Crippen molar-refractivity contribution in [3.63, 3.8) is 0 Å². The Bertz CT molecular complexity index is 534. The summed E-state index contributed by atoms with van der Waals surface area (Å²) in [7, 11) is 0. The summed E-state index contributed by atoms with van der Waals surface area (Å²) < 4.78 is 1.14. The Labute approximate surface area is 121 Å². The van der Waals surface area contributed by atoms with Gasteiger partial charge in [0.15, 0.2) is 0 Å². The van der Waals surface area contributed by atoms with Crippen molar-refractivity contribution in [1.82, 2.24) is 10.3 Å². The number of hydrogen-bond acceptors (Lipinski definition) is 3. The topological polar surface area (TPSA) is 24.9 Å². The molecule has 0 aliphatic carbocycles. The fourth-order valence-electron chi connectivity index (χ4n) is 1.55. The van der Waals surface area contributed by atoms with Crippen LogP contribution in [-0.4, -0.2) is 11.0 Å². The smallest absolute Gasteiger partial charge is 0.123 e. The van der Waals surface area contributed by atoms with E-state index >= 15 is 0 Å². The van der Waals surface area contributed by atoms with E-state index in [1.54, 1.807) is 11.3 Å². The van der Waals surface area contributed by atoms with Crippen molar-refractivity contribution < 1.29 is 0 Å². The minimum absolute atomic E-state index is 0.504. The Kier molecular flexibility index (Phi) is 4.54. The Morgan fingerprint density at radius 3 is 2.83 bits per heavy atom. The minimum Gasteiger partial charge on any atom is -0.310 e. The number of nitrogens with zero attached hydrogens (tertiary/aromatic N) is 1. The highest BCUT2D eigenvalue weighted by atomic mass is 79.9. The molecule has 0 spiro atoms. The molecule has 2 aromatic rings. The van der Waals surface area contributed by atoms with Crippen LogP contribution in [0, 0.1) is 6.92 Å². The van der Waals surface area contributed by atoms with Crippen LogP contribution >= 0.6 is 27.3 Å². The zero-order chi connectivity index (χ0) is 13.1. The lowest BCUT2D eigenvalue weighted by Crippen LogP contribution is -2.21. The average molecular weight is 325 g/mol. The van der Waals surface area contributed by atoms with Crippen LogP contribution in [0.5, 0.6) is 0 Å². The summed E-state index contributed by atoms with van der Waals surface area (Å²) in [6, 6.07) is 6.88. The monoisotopic (exact) mass is 324 g/mol. The lowest BCUT2D eigenvalue weighted by atomic mass is 10.2. The van der Waals surface area contributed by atoms with E-state index in [9.17, 15) is 0 Å². The molecular formula is C14H17BrN2S. The van der Waals surface area contributed by atoms with Crippen molar-refractivity contribution in [2.75, 3.05) is 0 Å². The van der Waals surface area contributed by atoms with Gasteiger partial charge in [-0.1, -0.05) is 41.9 Å². The quantitative estimate of drug-likeness (QED) is 0.902. The number of thiazole rings is 1. The molecule has 0 atom stereocenters. The molecule has 0 radical (unpaired) electrons. The van der Waals surface area contributed by atoms with Crippen LogP contribution in [0.15, 0.2) is 28.9 Å². The second-order valence-electron chi connectivity index (χ2n) is 4.63. The number of halogens is 1. The van der Waals surface area contributed by atoms with E-state index in [0.29, 0.717) is 6.04 Å². The maximum absolute atomic E-state index is 4.49. The highest BCUT2D eigenvalue weighted by molar-refractivity contribution is 9.10. The van der Waals surface area contributed by atoms with Crippen LogP contribution in [0.25, 0.3) is 10.6 Å². The van der Waals surface area contributed by atoms with Crippen molar-refractivity contribution >= 4 is 27.3 Å². The van der Waals surface area contributed by atoms with Crippen molar-refractivity contribution in [1.29, 1.82) is 0 Å². The second kappa shape index (κ2) is 5.95. The third kappa shape index (κ3) is 3.40. The van der Waals surface area contributed by atoms with Gasteiger partial charge in [0, 0.05) is 33.7 Å². The number of aryl methyl sites for hydroxylation is 1. The predicted octanol–water partition coefficient (Wildman–Crippen LogP) is 4.38. The van der Waals surface area contributed by atoms with Crippen LogP contribution in [0.2, 0.25) is 0 Å². The zero-order valence-corrected chi connectivity index (χ0v) is 13.2. The Balaban J connectivity index is 2.16. The van der Waals surface area contributed by atoms with Crippen molar-refractivity contribution in [3.8, 4) is 10.6 Å². The Morgan fingerprint density at radius 1 is 1.39 bits per heavy atom. The van der Waals surface area contributed by atoms with Crippen molar-refractivity contribution in [3.05, 3.63) is 39.3 Å². The standard InChI is InChI=1S/C14H17BrN2S/c1-9(2)16-7-12-8-17-14(18-12)11-5-4-10(3)13(15)6-11/h4-6,8-9,16H,7H2,1-3H3. The molecule has 1 N–H and O–H groups in total. The van der Waals surface area contributed by atoms with Gasteiger partial charge >= 0.3 is 0 Å². The highest BCUT2D eigenvalue weighted by Gasteiger charge is 2.06. The molecule has 1 aromatic heterocycles. The molecule has 0 bridgehead atoms. The number of rotatable bonds is 4. The van der Waals surface area contributed by atoms with Gasteiger partial charge in [-0.25, -0.2) is 4.98 Å². The van der Waals surface area contributed by atoms with Gasteiger partial charge in [0.2, 0.25) is 0 Å². The van der Waals surface area contributed by atoms with Gasteiger partial charge in [0.05, 0.1) is 0 Å². The van der Waals surface area contributed by atoms with Gasteiger partial charge in [-0.3, -0.25) is 0 Å². The molecule has 1 aromatic carbocycles. The first-order valence-electron chi connectivity index (χ1n) is 6.01. The lowest BCUT2D eigenvalue weighted by molar-refractivity contribution is 0.593. The summed E-state index contributed by atoms with van der Waals surface area (Å²) in [6.45, 7) is 7.29. The molecule has 0 aliphatic rings. The summed E-state index contributed by atoms with van der Waals surface area (Å²) in [5, 5.41) is 4.49. The molecule has 4 heteroatoms. The van der Waals surface area contributed by atoms with Crippen LogP contribution in [-0.2, 0) is 6.54 Å². The molecule has 1 heterocycles. The molecular weight excluding hydrogens is 308 g/mol. The van der Waals surface area contributed by atoms with Crippen molar-refractivity contribution in [2.24, 2.45) is 0 Å². The number of benzene rings is 1. The van der Waals surface area contributed by atoms with Crippen LogP contribution in [0.1, 0.15) is 24.3 Å². The largest absolute Gasteiger partial charge is 0.310 e. The van der Waals surface area contributed by atoms with Crippen LogP contribution in [0.3, 0.4) is 0 Å². The molecule has 0 unspecified atom stereocenters. The van der Waals surface area contributed by atoms with E-state index in [0.717, 1.165) is 16.0 Å². The highest BCUT2D eigenvalue weighted by Crippen LogP contribution is 2.28. The number of aromatic nitrogens is 1. The minimum atomic E-state index is 0.504. The third-order valence-electron chi connectivity index (χ3n) is 2.66. The normalized spacial score (nSPS) is 11.2. The maximum Gasteiger partial charge on any atom is 0.123 e. The zero-order valence-electron chi connectivity index (χ0n) is 10.8. The average Bonchev–Trinajstić information content (AvgIpc) is 2.79. The first-order chi connectivity index (χ1) is 8.56. The van der Waals surface area contributed by atoms with Crippen molar-refractivity contribution in [2.45, 2.75) is 33.4 Å². The molecule has 96 valence electrons. The SMILES string of the molecule is Cc1ccc(-c2ncc(CNC(C)C)s2)cc1Br. The molecule has 2 nitrogen and oxygen atoms in total. The van der Waals surface area contributed by atoms with E-state index in [2.05, 4.69) is 65.2 Å². The van der Waals surface area contributed by atoms with E-state index < -0.39 is 0 Å². The van der Waals surface area contributed by atoms with Gasteiger partial charge in [0.1, 0.15) is 5.01 Å². The summed E-state index contributed by atoms with van der Waals surface area (Å²) in [6.07, 6.45) is 1.96. The van der Waals surface area contributed by atoms with Gasteiger partial charge in [-0.15, -0.1) is 11.3 Å². The molecule has 18 heavy (non-hydrogen) atoms. The Morgan fingerprint density at radius 2 is 2.17 bits per heavy atom. The van der Waals surface area contributed by atoms with Gasteiger partial charge in [-0.2, -0.15) is 0 Å². The first-order valence-corrected chi connectivity index (χ1v) is 7.62. The van der Waals surface area contributed by atoms with E-state index in [4.69, 9.17) is 0 Å². The van der Waals surface area contributed by atoms with E-state index in [-0.39, 0.29) is 0 Å². The number of nitrogens with one attached hydrogen (secondary N) is 1. The fraction of sp³-hybridized carbons (Fsp3) is 0.357. The fourth-order valence-corrected chi connectivity index (χ4v) is 2.79. The molecule has 0 fully saturated rings. The van der Waals surface area contributed by atoms with Gasteiger partial charge in [-0.05, 0) is 18.6 Å². The summed E-state index contributed by atoms with van der Waals surface area (Å²) in [5.41, 5.74) is 2.42. The molecule has 0 amide bonds. The predicted molar refractivity (Wildman–Crippen MR) is 82.0 cm³/mol. The lowest BCUT2D eigenvalue weighted by Gasteiger charge is -2.04. The molecule has 0 saturated heterocycles. The summed E-state index contributed by atoms with van der Waals surface area (Å²) in [4.78, 5) is 5.77. The van der Waals surface area contributed by atoms with Gasteiger partial charge < -0.3 is 5.32 Å². The van der Waals surface area contributed by atoms with Crippen LogP contribution < -0.4 is 5.32 Å². The third-order valence-corrected chi connectivity index (χ3v) is 4.56. The van der Waals surface area contributed by atoms with Crippen LogP contribution in [0.4, 0.5) is 0 Å². The van der Waals surface area contributed by atoms with E-state index in [1.807, 2.05) is 6.20 Å². The first kappa shape index (κ1) is 13.7. The summed E-state index contributed by atoms with van der Waals surface area (Å²) in [5.74, 6) is 0.